The molecular formula is C11H11N3O2S. The van der Waals surface area contributed by atoms with Crippen molar-refractivity contribution in [2.75, 3.05) is 0 Å². The second kappa shape index (κ2) is 5.11. The summed E-state index contributed by atoms with van der Waals surface area (Å²) in [5.41, 5.74) is 0.562. The van der Waals surface area contributed by atoms with Gasteiger partial charge in [0.1, 0.15) is 5.03 Å². The van der Waals surface area contributed by atoms with Crippen molar-refractivity contribution < 1.29 is 5.11 Å². The summed E-state index contributed by atoms with van der Waals surface area (Å²) >= 11 is 1.26. The molecule has 0 aliphatic rings. The molecule has 0 unspecified atom stereocenters. The molecule has 1 atom stereocenters. The number of aromatic amines is 1. The lowest BCUT2D eigenvalue weighted by molar-refractivity contribution is 0.198. The summed E-state index contributed by atoms with van der Waals surface area (Å²) in [6, 6.07) is 4.93. The van der Waals surface area contributed by atoms with Crippen molar-refractivity contribution in [3.63, 3.8) is 0 Å². The molecule has 0 bridgehead atoms. The van der Waals surface area contributed by atoms with Crippen molar-refractivity contribution >= 4 is 11.8 Å². The molecule has 0 radical (unpaired) electrons. The number of hydrogen-bond donors (Lipinski definition) is 2. The number of nitrogens with one attached hydrogen (secondary N) is 1. The number of aliphatic hydroxyl groups excluding tert-OH is 1. The first-order valence-electron chi connectivity index (χ1n) is 5.02. The molecule has 17 heavy (non-hydrogen) atoms. The van der Waals surface area contributed by atoms with Crippen LogP contribution in [0.15, 0.2) is 45.6 Å². The molecule has 0 saturated carbocycles. The third-order valence-corrected chi connectivity index (χ3v) is 2.94. The van der Waals surface area contributed by atoms with Gasteiger partial charge in [-0.1, -0.05) is 6.07 Å². The Bertz CT molecular complexity index is 551. The Kier molecular flexibility index (Phi) is 3.55. The van der Waals surface area contributed by atoms with Gasteiger partial charge in [0.2, 0.25) is 0 Å². The van der Waals surface area contributed by atoms with Crippen molar-refractivity contribution in [2.24, 2.45) is 0 Å². The first-order valence-corrected chi connectivity index (χ1v) is 5.84. The molecule has 2 heterocycles. The SMILES string of the molecule is C[C@@H](O)c1ccc(Sc2nccc(=O)[nH]2)nc1. The Morgan fingerprint density at radius 2 is 2.18 bits per heavy atom. The molecule has 88 valence electrons. The van der Waals surface area contributed by atoms with Crippen molar-refractivity contribution in [2.45, 2.75) is 23.2 Å². The smallest absolute Gasteiger partial charge is 0.251 e. The molecule has 0 fully saturated rings. The lowest BCUT2D eigenvalue weighted by Crippen LogP contribution is -2.05. The molecule has 0 aliphatic heterocycles. The quantitative estimate of drug-likeness (QED) is 0.803. The Hall–Kier alpha value is -1.66. The molecule has 0 aliphatic carbocycles. The van der Waals surface area contributed by atoms with E-state index in [1.54, 1.807) is 25.3 Å². The van der Waals surface area contributed by atoms with E-state index in [1.807, 2.05) is 0 Å². The molecule has 2 aromatic heterocycles. The highest BCUT2D eigenvalue weighted by Crippen LogP contribution is 2.22. The first kappa shape index (κ1) is 11.8. The molecule has 0 aromatic carbocycles. The fourth-order valence-electron chi connectivity index (χ4n) is 1.20. The van der Waals surface area contributed by atoms with E-state index in [0.29, 0.717) is 10.2 Å². The minimum absolute atomic E-state index is 0.192. The van der Waals surface area contributed by atoms with Gasteiger partial charge in [0.15, 0.2) is 5.16 Å². The van der Waals surface area contributed by atoms with Crippen molar-refractivity contribution in [1.29, 1.82) is 0 Å². The lowest BCUT2D eigenvalue weighted by Gasteiger charge is -2.04. The molecule has 2 aromatic rings. The van der Waals surface area contributed by atoms with E-state index in [9.17, 15) is 9.90 Å². The van der Waals surface area contributed by atoms with Gasteiger partial charge < -0.3 is 10.1 Å². The first-order chi connectivity index (χ1) is 8.15. The Balaban J connectivity index is 2.16. The zero-order valence-electron chi connectivity index (χ0n) is 9.12. The van der Waals surface area contributed by atoms with E-state index in [0.717, 1.165) is 5.56 Å². The molecule has 0 amide bonds. The number of aliphatic hydroxyl groups is 1. The minimum Gasteiger partial charge on any atom is -0.389 e. The van der Waals surface area contributed by atoms with Gasteiger partial charge >= 0.3 is 0 Å². The number of hydrogen-bond acceptors (Lipinski definition) is 5. The second-order valence-electron chi connectivity index (χ2n) is 3.45. The monoisotopic (exact) mass is 249 g/mol. The highest BCUT2D eigenvalue weighted by atomic mass is 32.2. The van der Waals surface area contributed by atoms with E-state index in [4.69, 9.17) is 0 Å². The van der Waals surface area contributed by atoms with Gasteiger partial charge in [-0.3, -0.25) is 4.79 Å². The summed E-state index contributed by atoms with van der Waals surface area (Å²) in [4.78, 5) is 21.8. The van der Waals surface area contributed by atoms with Crippen LogP contribution in [0.3, 0.4) is 0 Å². The number of aromatic nitrogens is 3. The summed E-state index contributed by atoms with van der Waals surface area (Å²) in [5.74, 6) is 0. The average Bonchev–Trinajstić information content (AvgIpc) is 2.29. The van der Waals surface area contributed by atoms with Crippen LogP contribution in [0, 0.1) is 0 Å². The van der Waals surface area contributed by atoms with Gasteiger partial charge in [0.25, 0.3) is 5.56 Å². The number of nitrogens with zero attached hydrogens (tertiary/aromatic N) is 2. The van der Waals surface area contributed by atoms with Gasteiger partial charge in [-0.05, 0) is 30.3 Å². The van der Waals surface area contributed by atoms with Crippen molar-refractivity contribution in [3.05, 3.63) is 46.5 Å². The summed E-state index contributed by atoms with van der Waals surface area (Å²) in [7, 11) is 0. The third-order valence-electron chi connectivity index (χ3n) is 2.09. The normalized spacial score (nSPS) is 12.4. The molecule has 0 spiro atoms. The Morgan fingerprint density at radius 3 is 2.76 bits per heavy atom. The zero-order chi connectivity index (χ0) is 12.3. The van der Waals surface area contributed by atoms with Crippen molar-refractivity contribution in [3.8, 4) is 0 Å². The molecular weight excluding hydrogens is 238 g/mol. The van der Waals surface area contributed by atoms with Crippen LogP contribution >= 0.6 is 11.8 Å². The van der Waals surface area contributed by atoms with Crippen LogP contribution in [-0.4, -0.2) is 20.1 Å². The van der Waals surface area contributed by atoms with Crippen LogP contribution in [0.2, 0.25) is 0 Å². The number of rotatable bonds is 3. The molecule has 6 heteroatoms. The second-order valence-corrected chi connectivity index (χ2v) is 4.46. The topological polar surface area (TPSA) is 78.9 Å². The highest BCUT2D eigenvalue weighted by molar-refractivity contribution is 7.99. The van der Waals surface area contributed by atoms with E-state index in [-0.39, 0.29) is 5.56 Å². The molecule has 2 N–H and O–H groups in total. The van der Waals surface area contributed by atoms with Crippen LogP contribution in [0.4, 0.5) is 0 Å². The Morgan fingerprint density at radius 1 is 1.35 bits per heavy atom. The predicted molar refractivity (Wildman–Crippen MR) is 63.9 cm³/mol. The van der Waals surface area contributed by atoms with Crippen LogP contribution in [0.1, 0.15) is 18.6 Å². The van der Waals surface area contributed by atoms with Crippen LogP contribution in [0.25, 0.3) is 0 Å². The molecule has 0 saturated heterocycles. The predicted octanol–water partition coefficient (Wildman–Crippen LogP) is 1.37. The number of pyridine rings is 1. The van der Waals surface area contributed by atoms with Gasteiger partial charge in [-0.2, -0.15) is 0 Å². The van der Waals surface area contributed by atoms with Crippen LogP contribution in [-0.2, 0) is 0 Å². The van der Waals surface area contributed by atoms with Crippen LogP contribution < -0.4 is 5.56 Å². The van der Waals surface area contributed by atoms with Crippen LogP contribution in [0.5, 0.6) is 0 Å². The van der Waals surface area contributed by atoms with E-state index in [1.165, 1.54) is 24.0 Å². The van der Waals surface area contributed by atoms with E-state index < -0.39 is 6.10 Å². The largest absolute Gasteiger partial charge is 0.389 e. The zero-order valence-corrected chi connectivity index (χ0v) is 9.94. The average molecular weight is 249 g/mol. The third kappa shape index (κ3) is 3.15. The summed E-state index contributed by atoms with van der Waals surface area (Å²) < 4.78 is 0. The maximum atomic E-state index is 11.1. The Labute approximate surface area is 102 Å². The number of H-pyrrole nitrogens is 1. The summed E-state index contributed by atoms with van der Waals surface area (Å²) in [6.07, 6.45) is 2.52. The highest BCUT2D eigenvalue weighted by Gasteiger charge is 2.04. The fraction of sp³-hybridized carbons (Fsp3) is 0.182. The van der Waals surface area contributed by atoms with Gasteiger partial charge in [-0.25, -0.2) is 9.97 Å². The maximum absolute atomic E-state index is 11.1. The maximum Gasteiger partial charge on any atom is 0.251 e. The molecule has 2 rings (SSSR count). The van der Waals surface area contributed by atoms with Gasteiger partial charge in [0, 0.05) is 18.5 Å². The van der Waals surface area contributed by atoms with Gasteiger partial charge in [-0.15, -0.1) is 0 Å². The minimum atomic E-state index is -0.531. The lowest BCUT2D eigenvalue weighted by atomic mass is 10.2. The van der Waals surface area contributed by atoms with Crippen molar-refractivity contribution in [1.82, 2.24) is 15.0 Å². The standard InChI is InChI=1S/C11H11N3O2S/c1-7(15)8-2-3-10(13-6-8)17-11-12-5-4-9(16)14-11/h2-7,15H,1H3,(H,12,14,16)/t7-/m1/s1. The van der Waals surface area contributed by atoms with Gasteiger partial charge in [0.05, 0.1) is 6.10 Å². The fourth-order valence-corrected chi connectivity index (χ4v) is 1.91. The van der Waals surface area contributed by atoms with E-state index >= 15 is 0 Å². The molecule has 5 nitrogen and oxygen atoms in total. The van der Waals surface area contributed by atoms with E-state index in [2.05, 4.69) is 15.0 Å². The summed E-state index contributed by atoms with van der Waals surface area (Å²) in [6.45, 7) is 1.68. The summed E-state index contributed by atoms with van der Waals surface area (Å²) in [5, 5.41) is 10.5.